The highest BCUT2D eigenvalue weighted by Gasteiger charge is 2.35. The second-order valence-electron chi connectivity index (χ2n) is 12.8. The van der Waals surface area contributed by atoms with Crippen LogP contribution in [0.15, 0.2) is 45.3 Å². The van der Waals surface area contributed by atoms with Gasteiger partial charge in [0.2, 0.25) is 46.2 Å². The predicted octanol–water partition coefficient (Wildman–Crippen LogP) is 9.76. The van der Waals surface area contributed by atoms with Crippen LogP contribution in [0.5, 0.6) is 0 Å². The topological polar surface area (TPSA) is 105 Å². The monoisotopic (exact) mass is 672 g/mol. The van der Waals surface area contributed by atoms with Crippen LogP contribution in [-0.2, 0) is 38.1 Å². The van der Waals surface area contributed by atoms with Gasteiger partial charge in [-0.3, -0.25) is 19.2 Å². The third kappa shape index (κ3) is 13.4. The number of allylic oxidation sites excluding steroid dienone is 4. The number of carbonyl (C=O) groups excluding carboxylic acids is 4. The van der Waals surface area contributed by atoms with Crippen LogP contribution in [0.25, 0.3) is 0 Å². The molecule has 0 saturated carbocycles. The van der Waals surface area contributed by atoms with Crippen LogP contribution >= 0.6 is 0 Å². The zero-order valence-corrected chi connectivity index (χ0v) is 31.4. The third-order valence-corrected chi connectivity index (χ3v) is 9.25. The van der Waals surface area contributed by atoms with Gasteiger partial charge in [-0.1, -0.05) is 117 Å². The van der Waals surface area contributed by atoms with Crippen molar-refractivity contribution in [3.05, 3.63) is 45.3 Å². The van der Waals surface area contributed by atoms with Crippen LogP contribution in [0.3, 0.4) is 0 Å². The van der Waals surface area contributed by atoms with Crippen LogP contribution in [0, 0.1) is 0 Å². The summed E-state index contributed by atoms with van der Waals surface area (Å²) in [6.45, 7) is 7.87. The van der Waals surface area contributed by atoms with Gasteiger partial charge < -0.3 is 18.9 Å². The maximum atomic E-state index is 12.5. The molecule has 0 atom stereocenters. The molecule has 0 unspecified atom stereocenters. The van der Waals surface area contributed by atoms with E-state index in [1.807, 2.05) is 0 Å². The van der Waals surface area contributed by atoms with Gasteiger partial charge in [0, 0.05) is 22.3 Å². The lowest BCUT2D eigenvalue weighted by molar-refractivity contribution is -0.121. The molecular weight excluding hydrogens is 608 g/mol. The molecule has 272 valence electrons. The predicted molar refractivity (Wildman–Crippen MR) is 191 cm³/mol. The summed E-state index contributed by atoms with van der Waals surface area (Å²) in [4.78, 5) is 49.5. The molecule has 0 saturated heterocycles. The standard InChI is InChI=1S/2C20H32O4/c2*1-5-6-7-8-9-10-11-12-13-14-16-15(2)17(21)19(23-3)20(24-4)18(16)22/h2*5-14H2,1-4H3. The Hall–Kier alpha value is -3.16. The fraction of sp³-hybridized carbons (Fsp3) is 0.700. The molecule has 8 nitrogen and oxygen atoms in total. The maximum Gasteiger partial charge on any atom is 0.228 e. The summed E-state index contributed by atoms with van der Waals surface area (Å²) in [5, 5.41) is 0. The average Bonchev–Trinajstić information content (AvgIpc) is 3.09. The molecule has 0 aromatic heterocycles. The molecule has 0 bridgehead atoms. The fourth-order valence-corrected chi connectivity index (χ4v) is 6.21. The molecule has 0 aromatic carbocycles. The largest absolute Gasteiger partial charge is 0.489 e. The molecule has 8 heteroatoms. The summed E-state index contributed by atoms with van der Waals surface area (Å²) >= 11 is 0. The lowest BCUT2D eigenvalue weighted by Gasteiger charge is -2.20. The van der Waals surface area contributed by atoms with Crippen LogP contribution in [0.2, 0.25) is 0 Å². The summed E-state index contributed by atoms with van der Waals surface area (Å²) in [5.41, 5.74) is 2.16. The first-order valence-electron chi connectivity index (χ1n) is 18.4. The molecule has 2 aliphatic carbocycles. The van der Waals surface area contributed by atoms with E-state index in [-0.39, 0.29) is 46.2 Å². The lowest BCUT2D eigenvalue weighted by atomic mass is 9.89. The van der Waals surface area contributed by atoms with Crippen molar-refractivity contribution >= 4 is 23.1 Å². The van der Waals surface area contributed by atoms with Crippen LogP contribution in [0.4, 0.5) is 0 Å². The van der Waals surface area contributed by atoms with E-state index in [4.69, 9.17) is 18.9 Å². The van der Waals surface area contributed by atoms with Crippen LogP contribution in [-0.4, -0.2) is 51.6 Å². The minimum Gasteiger partial charge on any atom is -0.489 e. The first-order chi connectivity index (χ1) is 23.2. The van der Waals surface area contributed by atoms with Gasteiger partial charge in [-0.15, -0.1) is 0 Å². The van der Waals surface area contributed by atoms with Gasteiger partial charge in [-0.05, 0) is 39.5 Å². The number of methoxy groups -OCH3 is 4. The Labute approximate surface area is 290 Å². The second-order valence-corrected chi connectivity index (χ2v) is 12.8. The minimum atomic E-state index is -0.236. The van der Waals surface area contributed by atoms with Crippen molar-refractivity contribution in [1.82, 2.24) is 0 Å². The normalized spacial score (nSPS) is 15.3. The summed E-state index contributed by atoms with van der Waals surface area (Å²) in [6.07, 6.45) is 23.4. The highest BCUT2D eigenvalue weighted by atomic mass is 16.5. The smallest absolute Gasteiger partial charge is 0.228 e. The van der Waals surface area contributed by atoms with E-state index in [0.717, 1.165) is 25.7 Å². The van der Waals surface area contributed by atoms with Crippen molar-refractivity contribution in [2.75, 3.05) is 28.4 Å². The number of ketones is 4. The Kier molecular flexibility index (Phi) is 22.2. The van der Waals surface area contributed by atoms with Gasteiger partial charge in [-0.2, -0.15) is 0 Å². The van der Waals surface area contributed by atoms with Gasteiger partial charge in [0.05, 0.1) is 28.4 Å². The second kappa shape index (κ2) is 24.9. The minimum absolute atomic E-state index is 0.0239. The Morgan fingerprint density at radius 1 is 0.354 bits per heavy atom. The molecule has 0 amide bonds. The van der Waals surface area contributed by atoms with Gasteiger partial charge in [0.25, 0.3) is 0 Å². The van der Waals surface area contributed by atoms with E-state index in [1.54, 1.807) is 13.8 Å². The van der Waals surface area contributed by atoms with Crippen molar-refractivity contribution < 1.29 is 38.1 Å². The number of carbonyl (C=O) groups is 4. The Morgan fingerprint density at radius 3 is 0.833 bits per heavy atom. The Morgan fingerprint density at radius 2 is 0.583 bits per heavy atom. The molecule has 2 rings (SSSR count). The Bertz CT molecular complexity index is 1090. The molecule has 0 heterocycles. The van der Waals surface area contributed by atoms with Crippen LogP contribution in [0.1, 0.15) is 156 Å². The molecule has 0 aliphatic heterocycles. The molecule has 0 spiro atoms. The number of rotatable bonds is 24. The summed E-state index contributed by atoms with van der Waals surface area (Å²) in [7, 11) is 5.57. The van der Waals surface area contributed by atoms with Gasteiger partial charge in [0.1, 0.15) is 0 Å². The summed E-state index contributed by atoms with van der Waals surface area (Å²) in [6, 6.07) is 0. The summed E-state index contributed by atoms with van der Waals surface area (Å²) in [5.74, 6) is -0.749. The van der Waals surface area contributed by atoms with Gasteiger partial charge in [-0.25, -0.2) is 0 Å². The first-order valence-corrected chi connectivity index (χ1v) is 18.4. The van der Waals surface area contributed by atoms with Crippen molar-refractivity contribution in [3.8, 4) is 0 Å². The number of hydrogen-bond donors (Lipinski definition) is 0. The van der Waals surface area contributed by atoms with E-state index < -0.39 is 0 Å². The highest BCUT2D eigenvalue weighted by molar-refractivity contribution is 6.24. The van der Waals surface area contributed by atoms with Crippen LogP contribution < -0.4 is 0 Å². The number of Topliss-reactive ketones (excluding diaryl/α,β-unsaturated/α-hetero) is 4. The number of ether oxygens (including phenoxy) is 4. The third-order valence-electron chi connectivity index (χ3n) is 9.25. The summed E-state index contributed by atoms with van der Waals surface area (Å²) < 4.78 is 20.3. The van der Waals surface area contributed by atoms with Crippen molar-refractivity contribution in [3.63, 3.8) is 0 Å². The maximum absolute atomic E-state index is 12.5. The van der Waals surface area contributed by atoms with E-state index in [9.17, 15) is 19.2 Å². The first kappa shape index (κ1) is 42.9. The van der Waals surface area contributed by atoms with Gasteiger partial charge >= 0.3 is 0 Å². The van der Waals surface area contributed by atoms with Crippen molar-refractivity contribution in [1.29, 1.82) is 0 Å². The highest BCUT2D eigenvalue weighted by Crippen LogP contribution is 2.30. The van der Waals surface area contributed by atoms with E-state index in [1.165, 1.54) is 118 Å². The molecule has 0 radical (unpaired) electrons. The van der Waals surface area contributed by atoms with Crippen molar-refractivity contribution in [2.24, 2.45) is 0 Å². The average molecular weight is 673 g/mol. The molecular formula is C40H64O8. The number of hydrogen-bond acceptors (Lipinski definition) is 8. The molecule has 48 heavy (non-hydrogen) atoms. The molecule has 2 aliphatic rings. The van der Waals surface area contributed by atoms with E-state index >= 15 is 0 Å². The fourth-order valence-electron chi connectivity index (χ4n) is 6.21. The zero-order chi connectivity index (χ0) is 35.9. The molecule has 0 fully saturated rings. The Balaban J connectivity index is 0.000000480. The van der Waals surface area contributed by atoms with Gasteiger partial charge in [0.15, 0.2) is 0 Å². The van der Waals surface area contributed by atoms with Crippen molar-refractivity contribution in [2.45, 2.75) is 156 Å². The molecule has 0 aromatic rings. The van der Waals surface area contributed by atoms with E-state index in [2.05, 4.69) is 13.8 Å². The lowest BCUT2D eigenvalue weighted by Crippen LogP contribution is -2.25. The SMILES string of the molecule is CCCCCCCCCCCC1=C(C)C(=O)C(OC)=C(OC)C1=O.CCCCCCCCCCCC1=C(C)C(=O)C(OC)=C(OC)C1=O. The van der Waals surface area contributed by atoms with E-state index in [0.29, 0.717) is 35.1 Å². The zero-order valence-electron chi connectivity index (χ0n) is 31.4. The quantitative estimate of drug-likeness (QED) is 0.0737. The molecule has 0 N–H and O–H groups in total. The number of unbranched alkanes of at least 4 members (excludes halogenated alkanes) is 16.